The third-order valence-electron chi connectivity index (χ3n) is 3.94. The van der Waals surface area contributed by atoms with Crippen LogP contribution < -0.4 is 10.1 Å². The van der Waals surface area contributed by atoms with Crippen LogP contribution in [0.1, 0.15) is 16.7 Å². The van der Waals surface area contributed by atoms with Gasteiger partial charge in [0.25, 0.3) is 0 Å². The maximum absolute atomic E-state index is 12.4. The van der Waals surface area contributed by atoms with Gasteiger partial charge in [-0.25, -0.2) is 4.79 Å². The molecule has 1 unspecified atom stereocenters. The Morgan fingerprint density at radius 2 is 2.00 bits per heavy atom. The Morgan fingerprint density at radius 3 is 2.58 bits per heavy atom. The summed E-state index contributed by atoms with van der Waals surface area (Å²) in [7, 11) is 0. The van der Waals surface area contributed by atoms with Crippen molar-refractivity contribution < 1.29 is 23.0 Å². The number of rotatable bonds is 4. The molecular weight excluding hydrogens is 384 g/mol. The van der Waals surface area contributed by atoms with E-state index >= 15 is 0 Å². The van der Waals surface area contributed by atoms with E-state index < -0.39 is 18.2 Å². The number of carbonyl (C=O) groups excluding carboxylic acids is 1. The van der Waals surface area contributed by atoms with Gasteiger partial charge in [-0.2, -0.15) is 8.78 Å². The summed E-state index contributed by atoms with van der Waals surface area (Å²) in [5.41, 5.74) is 1.22. The van der Waals surface area contributed by atoms with E-state index in [2.05, 4.69) is 26.0 Å². The molecule has 1 amide bonds. The molecular formula is C17H14BrF2NO3. The van der Waals surface area contributed by atoms with Crippen molar-refractivity contribution in [3.8, 4) is 5.75 Å². The second-order valence-electron chi connectivity index (χ2n) is 5.48. The van der Waals surface area contributed by atoms with E-state index in [1.807, 2.05) is 24.3 Å². The molecule has 1 fully saturated rings. The lowest BCUT2D eigenvalue weighted by molar-refractivity contribution is -0.0503. The number of nitrogens with one attached hydrogen (secondary N) is 1. The van der Waals surface area contributed by atoms with Gasteiger partial charge in [-0.15, -0.1) is 0 Å². The number of benzene rings is 2. The third-order valence-corrected chi connectivity index (χ3v) is 4.43. The van der Waals surface area contributed by atoms with Crippen molar-refractivity contribution in [1.29, 1.82) is 0 Å². The molecule has 1 heterocycles. The first-order valence-corrected chi connectivity index (χ1v) is 7.97. The van der Waals surface area contributed by atoms with E-state index in [0.29, 0.717) is 5.56 Å². The first-order valence-electron chi connectivity index (χ1n) is 7.18. The fourth-order valence-electron chi connectivity index (χ4n) is 2.79. The van der Waals surface area contributed by atoms with Gasteiger partial charge >= 0.3 is 12.7 Å². The number of halogens is 3. The highest BCUT2D eigenvalue weighted by Gasteiger charge is 2.43. The van der Waals surface area contributed by atoms with Crippen molar-refractivity contribution in [3.05, 3.63) is 63.6 Å². The summed E-state index contributed by atoms with van der Waals surface area (Å²) in [4.78, 5) is 11.7. The molecule has 3 rings (SSSR count). The number of ether oxygens (including phenoxy) is 2. The predicted octanol–water partition coefficient (Wildman–Crippen LogP) is 4.34. The Morgan fingerprint density at radius 1 is 1.25 bits per heavy atom. The molecule has 2 aromatic rings. The van der Waals surface area contributed by atoms with E-state index in [9.17, 15) is 13.6 Å². The highest BCUT2D eigenvalue weighted by molar-refractivity contribution is 9.10. The summed E-state index contributed by atoms with van der Waals surface area (Å²) in [5.74, 6) is 0.100. The number of cyclic esters (lactones) is 1. The molecule has 1 atom stereocenters. The van der Waals surface area contributed by atoms with Gasteiger partial charge in [0.05, 0.1) is 0 Å². The van der Waals surface area contributed by atoms with E-state index in [4.69, 9.17) is 4.74 Å². The molecule has 0 aliphatic carbocycles. The minimum atomic E-state index is -2.89. The number of alkyl halides is 2. The molecule has 2 aromatic carbocycles. The summed E-state index contributed by atoms with van der Waals surface area (Å²) >= 11 is 3.42. The van der Waals surface area contributed by atoms with Crippen LogP contribution in [0.3, 0.4) is 0 Å². The number of hydrogen-bond acceptors (Lipinski definition) is 3. The molecule has 4 nitrogen and oxygen atoms in total. The zero-order valence-electron chi connectivity index (χ0n) is 12.7. The standard InChI is InChI=1S/C17H14BrF2NO3/c1-10-7-12(5-6-14(10)24-15(19)20)17(9-23-16(22)21-17)11-3-2-4-13(18)8-11/h2-8,15H,9H2,1H3,(H,21,22). The SMILES string of the molecule is Cc1cc(C2(c3cccc(Br)c3)COC(=O)N2)ccc1OC(F)F. The first-order chi connectivity index (χ1) is 11.4. The van der Waals surface area contributed by atoms with Crippen LogP contribution in [0.5, 0.6) is 5.75 Å². The lowest BCUT2D eigenvalue weighted by Gasteiger charge is -2.28. The smallest absolute Gasteiger partial charge is 0.408 e. The second-order valence-corrected chi connectivity index (χ2v) is 6.39. The molecule has 0 spiro atoms. The van der Waals surface area contributed by atoms with Gasteiger partial charge in [-0.1, -0.05) is 34.1 Å². The second kappa shape index (κ2) is 6.39. The lowest BCUT2D eigenvalue weighted by atomic mass is 9.83. The topological polar surface area (TPSA) is 47.6 Å². The predicted molar refractivity (Wildman–Crippen MR) is 87.2 cm³/mol. The fraction of sp³-hybridized carbons (Fsp3) is 0.235. The quantitative estimate of drug-likeness (QED) is 0.834. The monoisotopic (exact) mass is 397 g/mol. The average molecular weight is 398 g/mol. The summed E-state index contributed by atoms with van der Waals surface area (Å²) in [6.07, 6.45) is -0.527. The van der Waals surface area contributed by atoms with Gasteiger partial charge in [0.1, 0.15) is 17.9 Å². The molecule has 1 N–H and O–H groups in total. The van der Waals surface area contributed by atoms with Crippen LogP contribution in [0.25, 0.3) is 0 Å². The Hall–Kier alpha value is -2.15. The number of carbonyl (C=O) groups is 1. The van der Waals surface area contributed by atoms with Crippen molar-refractivity contribution in [3.63, 3.8) is 0 Å². The largest absolute Gasteiger partial charge is 0.446 e. The average Bonchev–Trinajstić information content (AvgIpc) is 2.92. The molecule has 1 aliphatic rings. The van der Waals surface area contributed by atoms with Crippen LogP contribution in [0.4, 0.5) is 13.6 Å². The number of amides is 1. The van der Waals surface area contributed by atoms with Crippen molar-refractivity contribution in [2.75, 3.05) is 6.61 Å². The van der Waals surface area contributed by atoms with Crippen LogP contribution >= 0.6 is 15.9 Å². The molecule has 7 heteroatoms. The third kappa shape index (κ3) is 3.08. The van der Waals surface area contributed by atoms with Gasteiger partial charge in [-0.3, -0.25) is 0 Å². The van der Waals surface area contributed by atoms with Gasteiger partial charge < -0.3 is 14.8 Å². The Balaban J connectivity index is 2.07. The normalized spacial score (nSPS) is 20.0. The highest BCUT2D eigenvalue weighted by atomic mass is 79.9. The van der Waals surface area contributed by atoms with Gasteiger partial charge in [0.15, 0.2) is 0 Å². The van der Waals surface area contributed by atoms with E-state index in [1.165, 1.54) is 6.07 Å². The maximum Gasteiger partial charge on any atom is 0.408 e. The summed E-state index contributed by atoms with van der Waals surface area (Å²) in [6, 6.07) is 12.3. The molecule has 1 aliphatic heterocycles. The van der Waals surface area contributed by atoms with E-state index in [0.717, 1.165) is 15.6 Å². The van der Waals surface area contributed by atoms with Gasteiger partial charge in [-0.05, 0) is 47.9 Å². The molecule has 1 saturated heterocycles. The van der Waals surface area contributed by atoms with E-state index in [-0.39, 0.29) is 12.4 Å². The molecule has 0 radical (unpaired) electrons. The van der Waals surface area contributed by atoms with E-state index in [1.54, 1.807) is 19.1 Å². The number of aryl methyl sites for hydroxylation is 1. The Bertz CT molecular complexity index is 784. The zero-order chi connectivity index (χ0) is 17.3. The summed E-state index contributed by atoms with van der Waals surface area (Å²) in [6.45, 7) is -1.10. The fourth-order valence-corrected chi connectivity index (χ4v) is 3.19. The summed E-state index contributed by atoms with van der Waals surface area (Å²) in [5, 5.41) is 2.84. The minimum Gasteiger partial charge on any atom is -0.446 e. The van der Waals surface area contributed by atoms with Crippen molar-refractivity contribution in [2.45, 2.75) is 19.1 Å². The van der Waals surface area contributed by atoms with Crippen molar-refractivity contribution in [1.82, 2.24) is 5.32 Å². The van der Waals surface area contributed by atoms with Crippen LogP contribution in [-0.4, -0.2) is 19.3 Å². The maximum atomic E-state index is 12.4. The lowest BCUT2D eigenvalue weighted by Crippen LogP contribution is -2.41. The minimum absolute atomic E-state index is 0.100. The Labute approximate surface area is 145 Å². The van der Waals surface area contributed by atoms with Crippen LogP contribution in [0.2, 0.25) is 0 Å². The molecule has 0 aromatic heterocycles. The highest BCUT2D eigenvalue weighted by Crippen LogP contribution is 2.36. The van der Waals surface area contributed by atoms with Gasteiger partial charge in [0.2, 0.25) is 0 Å². The number of alkyl carbamates (subject to hydrolysis) is 1. The number of hydrogen-bond donors (Lipinski definition) is 1. The van der Waals surface area contributed by atoms with Crippen LogP contribution in [-0.2, 0) is 10.3 Å². The van der Waals surface area contributed by atoms with Crippen LogP contribution in [0.15, 0.2) is 46.9 Å². The van der Waals surface area contributed by atoms with Crippen LogP contribution in [0, 0.1) is 6.92 Å². The van der Waals surface area contributed by atoms with Gasteiger partial charge in [0, 0.05) is 4.47 Å². The van der Waals surface area contributed by atoms with Crippen molar-refractivity contribution >= 4 is 22.0 Å². The first kappa shape index (κ1) is 16.7. The summed E-state index contributed by atoms with van der Waals surface area (Å²) < 4.78 is 35.3. The molecule has 24 heavy (non-hydrogen) atoms. The Kier molecular flexibility index (Phi) is 4.45. The zero-order valence-corrected chi connectivity index (χ0v) is 14.3. The molecule has 0 saturated carbocycles. The molecule has 0 bridgehead atoms. The molecule has 126 valence electrons. The van der Waals surface area contributed by atoms with Crippen molar-refractivity contribution in [2.24, 2.45) is 0 Å².